The summed E-state index contributed by atoms with van der Waals surface area (Å²) in [5.74, 6) is 0.707. The van der Waals surface area contributed by atoms with Gasteiger partial charge >= 0.3 is 0 Å². The second kappa shape index (κ2) is 3.38. The number of hydrogen-bond acceptors (Lipinski definition) is 4. The Balaban J connectivity index is 2.57. The zero-order chi connectivity index (χ0) is 10.1. The minimum absolute atomic E-state index is 0.368. The van der Waals surface area contributed by atoms with Crippen LogP contribution in [0.25, 0.3) is 0 Å². The third-order valence-electron chi connectivity index (χ3n) is 2.00. The van der Waals surface area contributed by atoms with E-state index in [9.17, 15) is 4.79 Å². The van der Waals surface area contributed by atoms with Gasteiger partial charge in [0.15, 0.2) is 0 Å². The summed E-state index contributed by atoms with van der Waals surface area (Å²) in [4.78, 5) is 18.9. The zero-order valence-corrected chi connectivity index (χ0v) is 8.25. The van der Waals surface area contributed by atoms with E-state index in [-0.39, 0.29) is 6.04 Å². The van der Waals surface area contributed by atoms with Crippen LogP contribution in [0.3, 0.4) is 0 Å². The zero-order valence-electron chi connectivity index (χ0n) is 7.49. The Morgan fingerprint density at radius 2 is 2.43 bits per heavy atom. The van der Waals surface area contributed by atoms with Crippen LogP contribution in [0.15, 0.2) is 17.3 Å². The van der Waals surface area contributed by atoms with Crippen LogP contribution in [0.1, 0.15) is 18.5 Å². The van der Waals surface area contributed by atoms with Gasteiger partial charge in [0.1, 0.15) is 17.5 Å². The minimum Gasteiger partial charge on any atom is -0.360 e. The maximum atomic E-state index is 10.8. The number of hydrogen-bond donors (Lipinski definition) is 1. The molecule has 5 heteroatoms. The van der Waals surface area contributed by atoms with E-state index in [0.29, 0.717) is 16.7 Å². The van der Waals surface area contributed by atoms with E-state index >= 15 is 0 Å². The van der Waals surface area contributed by atoms with Crippen LogP contribution in [0.2, 0.25) is 5.15 Å². The van der Waals surface area contributed by atoms with Gasteiger partial charge in [-0.15, -0.1) is 0 Å². The van der Waals surface area contributed by atoms with Crippen LogP contribution in [-0.2, 0) is 4.79 Å². The summed E-state index contributed by atoms with van der Waals surface area (Å²) in [6.45, 7) is 1.80. The number of nitrogens with zero attached hydrogens (tertiary/aromatic N) is 2. The first-order valence-corrected chi connectivity index (χ1v) is 4.51. The van der Waals surface area contributed by atoms with Crippen LogP contribution in [0.4, 0.5) is 5.69 Å². The largest absolute Gasteiger partial charge is 0.360 e. The van der Waals surface area contributed by atoms with E-state index in [1.165, 1.54) is 0 Å². The van der Waals surface area contributed by atoms with Gasteiger partial charge in [0.25, 0.3) is 0 Å². The van der Waals surface area contributed by atoms with Gasteiger partial charge < -0.3 is 10.1 Å². The van der Waals surface area contributed by atoms with Crippen LogP contribution in [0, 0.1) is 0 Å². The maximum Gasteiger partial charge on any atom is 0.146 e. The SMILES string of the molecule is CC1=Nc2cnc(Cl)cc2C(C=O)N1. The monoisotopic (exact) mass is 209 g/mol. The highest BCUT2D eigenvalue weighted by atomic mass is 35.5. The predicted molar refractivity (Wildman–Crippen MR) is 54.0 cm³/mol. The van der Waals surface area contributed by atoms with Crippen molar-refractivity contribution < 1.29 is 4.79 Å². The lowest BCUT2D eigenvalue weighted by Crippen LogP contribution is -2.30. The van der Waals surface area contributed by atoms with E-state index in [2.05, 4.69) is 15.3 Å². The van der Waals surface area contributed by atoms with Crippen molar-refractivity contribution in [2.45, 2.75) is 13.0 Å². The Kier molecular flexibility index (Phi) is 2.21. The van der Waals surface area contributed by atoms with Crippen molar-refractivity contribution in [2.24, 2.45) is 4.99 Å². The lowest BCUT2D eigenvalue weighted by atomic mass is 10.1. The number of aliphatic imine (C=N–C) groups is 1. The molecule has 1 aliphatic rings. The predicted octanol–water partition coefficient (Wildman–Crippen LogP) is 1.63. The van der Waals surface area contributed by atoms with Gasteiger partial charge in [-0.25, -0.2) is 9.98 Å². The van der Waals surface area contributed by atoms with Gasteiger partial charge in [0, 0.05) is 5.56 Å². The first kappa shape index (κ1) is 9.15. The van der Waals surface area contributed by atoms with Crippen molar-refractivity contribution in [2.75, 3.05) is 0 Å². The number of halogens is 1. The highest BCUT2D eigenvalue weighted by Crippen LogP contribution is 2.29. The highest BCUT2D eigenvalue weighted by molar-refractivity contribution is 6.29. The molecule has 1 aromatic rings. The molecule has 0 bridgehead atoms. The standard InChI is InChI=1S/C9H8ClN3O/c1-5-12-7-3-11-9(10)2-6(7)8(4-14)13-5/h2-4,8H,1H3,(H,12,13). The lowest BCUT2D eigenvalue weighted by Gasteiger charge is -2.20. The van der Waals surface area contributed by atoms with E-state index in [1.807, 2.05) is 0 Å². The summed E-state index contributed by atoms with van der Waals surface area (Å²) in [6.07, 6.45) is 2.39. The molecular formula is C9H8ClN3O. The first-order chi connectivity index (χ1) is 6.70. The number of nitrogens with one attached hydrogen (secondary N) is 1. The number of aldehydes is 1. The van der Waals surface area contributed by atoms with Gasteiger partial charge in [0.2, 0.25) is 0 Å². The molecule has 0 spiro atoms. The number of carbonyl (C=O) groups is 1. The fourth-order valence-electron chi connectivity index (χ4n) is 1.40. The topological polar surface area (TPSA) is 54.4 Å². The molecule has 2 rings (SSSR count). The number of amidine groups is 1. The minimum atomic E-state index is -0.372. The summed E-state index contributed by atoms with van der Waals surface area (Å²) < 4.78 is 0. The van der Waals surface area contributed by atoms with Crippen molar-refractivity contribution in [1.29, 1.82) is 0 Å². The second-order valence-electron chi connectivity index (χ2n) is 3.02. The molecule has 1 aromatic heterocycles. The molecular weight excluding hydrogens is 202 g/mol. The van der Waals surface area contributed by atoms with Crippen LogP contribution < -0.4 is 5.32 Å². The molecule has 2 heterocycles. The normalized spacial score (nSPS) is 19.3. The Hall–Kier alpha value is -1.42. The molecule has 0 aliphatic carbocycles. The van der Waals surface area contributed by atoms with E-state index in [4.69, 9.17) is 11.6 Å². The van der Waals surface area contributed by atoms with E-state index in [0.717, 1.165) is 11.8 Å². The highest BCUT2D eigenvalue weighted by Gasteiger charge is 2.19. The van der Waals surface area contributed by atoms with Crippen molar-refractivity contribution in [1.82, 2.24) is 10.3 Å². The van der Waals surface area contributed by atoms with Crippen LogP contribution >= 0.6 is 11.6 Å². The fourth-order valence-corrected chi connectivity index (χ4v) is 1.57. The summed E-state index contributed by atoms with van der Waals surface area (Å²) >= 11 is 5.73. The molecule has 1 N–H and O–H groups in total. The average molecular weight is 210 g/mol. The van der Waals surface area contributed by atoms with Crippen LogP contribution in [-0.4, -0.2) is 17.1 Å². The Morgan fingerprint density at radius 1 is 1.64 bits per heavy atom. The molecule has 72 valence electrons. The summed E-state index contributed by atoms with van der Waals surface area (Å²) in [5.41, 5.74) is 1.47. The van der Waals surface area contributed by atoms with Gasteiger partial charge in [-0.1, -0.05) is 11.6 Å². The molecule has 1 unspecified atom stereocenters. The third-order valence-corrected chi connectivity index (χ3v) is 2.21. The van der Waals surface area contributed by atoms with Gasteiger partial charge in [0.05, 0.1) is 17.7 Å². The Morgan fingerprint density at radius 3 is 3.14 bits per heavy atom. The van der Waals surface area contributed by atoms with Crippen molar-refractivity contribution in [3.05, 3.63) is 23.0 Å². The van der Waals surface area contributed by atoms with Gasteiger partial charge in [-0.3, -0.25) is 0 Å². The first-order valence-electron chi connectivity index (χ1n) is 4.13. The van der Waals surface area contributed by atoms with E-state index in [1.54, 1.807) is 19.2 Å². The Labute approximate surface area is 86.0 Å². The molecule has 0 fully saturated rings. The quantitative estimate of drug-likeness (QED) is 0.565. The van der Waals surface area contributed by atoms with Crippen molar-refractivity contribution >= 4 is 29.4 Å². The maximum absolute atomic E-state index is 10.8. The molecule has 0 saturated carbocycles. The van der Waals surface area contributed by atoms with Gasteiger partial charge in [-0.2, -0.15) is 0 Å². The second-order valence-corrected chi connectivity index (χ2v) is 3.41. The molecule has 14 heavy (non-hydrogen) atoms. The summed E-state index contributed by atoms with van der Waals surface area (Å²) in [5, 5.41) is 3.31. The van der Waals surface area contributed by atoms with E-state index < -0.39 is 0 Å². The van der Waals surface area contributed by atoms with Crippen molar-refractivity contribution in [3.63, 3.8) is 0 Å². The molecule has 0 saturated heterocycles. The number of rotatable bonds is 1. The molecule has 0 aromatic carbocycles. The summed E-state index contributed by atoms with van der Waals surface area (Å²) in [6, 6.07) is 1.28. The fraction of sp³-hybridized carbons (Fsp3) is 0.222. The molecule has 1 aliphatic heterocycles. The lowest BCUT2D eigenvalue weighted by molar-refractivity contribution is -0.109. The molecule has 0 radical (unpaired) electrons. The number of fused-ring (bicyclic) bond motifs is 1. The van der Waals surface area contributed by atoms with Gasteiger partial charge in [-0.05, 0) is 13.0 Å². The molecule has 1 atom stereocenters. The average Bonchev–Trinajstić information content (AvgIpc) is 2.17. The van der Waals surface area contributed by atoms with Crippen molar-refractivity contribution in [3.8, 4) is 0 Å². The number of pyridine rings is 1. The summed E-state index contributed by atoms with van der Waals surface area (Å²) in [7, 11) is 0. The molecule has 0 amide bonds. The third kappa shape index (κ3) is 1.48. The smallest absolute Gasteiger partial charge is 0.146 e. The molecule has 4 nitrogen and oxygen atoms in total. The number of aromatic nitrogens is 1. The number of carbonyl (C=O) groups excluding carboxylic acids is 1. The van der Waals surface area contributed by atoms with Crippen LogP contribution in [0.5, 0.6) is 0 Å². The Bertz CT molecular complexity index is 417.